The molecule has 0 fully saturated rings. The minimum Gasteiger partial charge on any atom is -0.478 e. The number of hydrogen-bond acceptors (Lipinski definition) is 7. The third kappa shape index (κ3) is 4.39. The zero-order valence-electron chi connectivity index (χ0n) is 15.8. The second kappa shape index (κ2) is 8.08. The van der Waals surface area contributed by atoms with Crippen molar-refractivity contribution >= 4 is 38.9 Å². The minimum absolute atomic E-state index is 0.115. The minimum atomic E-state index is -3.87. The van der Waals surface area contributed by atoms with Gasteiger partial charge in [-0.05, 0) is 36.8 Å². The molecule has 2 aromatic rings. The van der Waals surface area contributed by atoms with E-state index in [0.717, 1.165) is 4.90 Å². The van der Waals surface area contributed by atoms with E-state index in [1.54, 1.807) is 6.92 Å². The lowest BCUT2D eigenvalue weighted by molar-refractivity contribution is -0.384. The van der Waals surface area contributed by atoms with Crippen LogP contribution in [-0.4, -0.2) is 37.8 Å². The normalized spacial score (nSPS) is 15.9. The van der Waals surface area contributed by atoms with E-state index >= 15 is 0 Å². The number of nitrogens with two attached hydrogens (primary N) is 1. The third-order valence-electron chi connectivity index (χ3n) is 4.39. The van der Waals surface area contributed by atoms with Crippen molar-refractivity contribution in [2.45, 2.75) is 24.3 Å². The predicted octanol–water partition coefficient (Wildman–Crippen LogP) is 1.38. The van der Waals surface area contributed by atoms with Crippen LogP contribution < -0.4 is 20.1 Å². The van der Waals surface area contributed by atoms with E-state index in [1.807, 2.05) is 0 Å². The third-order valence-corrected chi connectivity index (χ3v) is 5.32. The molecule has 1 atom stereocenters. The highest BCUT2D eigenvalue weighted by atomic mass is 32.2. The lowest BCUT2D eigenvalue weighted by Gasteiger charge is -2.33. The summed E-state index contributed by atoms with van der Waals surface area (Å²) in [7, 11) is -3.87. The Hall–Kier alpha value is -3.51. The van der Waals surface area contributed by atoms with Crippen LogP contribution in [0.3, 0.4) is 0 Å². The average Bonchev–Trinajstić information content (AvgIpc) is 2.69. The number of nitro groups is 1. The summed E-state index contributed by atoms with van der Waals surface area (Å²) in [5.74, 6) is -0.816. The maximum Gasteiger partial charge on any atom is 0.271 e. The number of anilines is 2. The van der Waals surface area contributed by atoms with E-state index in [0.29, 0.717) is 12.1 Å². The standard InChI is InChI=1S/C18H18N4O7S/c1-2-15-18(24)21(14-9-12(22(25)26)5-8-16(14)29-15)10-17(23)20-11-3-6-13(7-4-11)30(19,27)28/h3-9,15H,2,10H2,1H3,(H,20,23)(H2,19,27,28). The molecular formula is C18H18N4O7S. The molecule has 3 rings (SSSR count). The van der Waals surface area contributed by atoms with E-state index in [-0.39, 0.29) is 22.0 Å². The fraction of sp³-hybridized carbons (Fsp3) is 0.222. The summed E-state index contributed by atoms with van der Waals surface area (Å²) in [6, 6.07) is 8.99. The fourth-order valence-corrected chi connectivity index (χ4v) is 3.43. The Morgan fingerprint density at radius 2 is 1.93 bits per heavy atom. The first-order valence-electron chi connectivity index (χ1n) is 8.79. The largest absolute Gasteiger partial charge is 0.478 e. The van der Waals surface area contributed by atoms with E-state index in [1.165, 1.54) is 42.5 Å². The van der Waals surface area contributed by atoms with Crippen molar-refractivity contribution in [3.63, 3.8) is 0 Å². The molecule has 0 aliphatic carbocycles. The number of nitrogens with one attached hydrogen (secondary N) is 1. The summed E-state index contributed by atoms with van der Waals surface area (Å²) < 4.78 is 28.2. The zero-order chi connectivity index (χ0) is 22.1. The van der Waals surface area contributed by atoms with Crippen molar-refractivity contribution in [3.05, 3.63) is 52.6 Å². The summed E-state index contributed by atoms with van der Waals surface area (Å²) in [6.07, 6.45) is -0.469. The lowest BCUT2D eigenvalue weighted by atomic mass is 10.1. The molecule has 3 N–H and O–H groups in total. The number of amides is 2. The molecule has 1 aliphatic rings. The Morgan fingerprint density at radius 3 is 2.50 bits per heavy atom. The number of rotatable bonds is 6. The van der Waals surface area contributed by atoms with Crippen molar-refractivity contribution in [1.82, 2.24) is 0 Å². The molecule has 2 amide bonds. The van der Waals surface area contributed by atoms with Gasteiger partial charge in [0.15, 0.2) is 6.10 Å². The van der Waals surface area contributed by atoms with Crippen molar-refractivity contribution in [3.8, 4) is 5.75 Å². The zero-order valence-corrected chi connectivity index (χ0v) is 16.6. The first-order chi connectivity index (χ1) is 14.1. The van der Waals surface area contributed by atoms with Crippen molar-refractivity contribution in [2.24, 2.45) is 5.14 Å². The van der Waals surface area contributed by atoms with Crippen molar-refractivity contribution in [2.75, 3.05) is 16.8 Å². The molecule has 0 radical (unpaired) electrons. The second-order valence-corrected chi connectivity index (χ2v) is 8.03. The van der Waals surface area contributed by atoms with Crippen LogP contribution in [0.4, 0.5) is 17.1 Å². The molecule has 11 nitrogen and oxygen atoms in total. The number of sulfonamides is 1. The molecule has 30 heavy (non-hydrogen) atoms. The molecule has 0 saturated carbocycles. The van der Waals surface area contributed by atoms with E-state index in [4.69, 9.17) is 9.88 Å². The summed E-state index contributed by atoms with van der Waals surface area (Å²) in [5, 5.41) is 18.7. The second-order valence-electron chi connectivity index (χ2n) is 6.47. The van der Waals surface area contributed by atoms with Crippen LogP contribution in [-0.2, 0) is 19.6 Å². The highest BCUT2D eigenvalue weighted by Crippen LogP contribution is 2.37. The number of nitro benzene ring substituents is 1. The van der Waals surface area contributed by atoms with Gasteiger partial charge in [0.05, 0.1) is 15.5 Å². The molecule has 2 aromatic carbocycles. The van der Waals surface area contributed by atoms with E-state index < -0.39 is 39.4 Å². The number of carbonyl (C=O) groups excluding carboxylic acids is 2. The van der Waals surface area contributed by atoms with Gasteiger partial charge in [0.1, 0.15) is 12.3 Å². The highest BCUT2D eigenvalue weighted by molar-refractivity contribution is 7.89. The van der Waals surface area contributed by atoms with Gasteiger partial charge in [-0.25, -0.2) is 13.6 Å². The van der Waals surface area contributed by atoms with Gasteiger partial charge >= 0.3 is 0 Å². The first-order valence-corrected chi connectivity index (χ1v) is 10.3. The molecule has 0 bridgehead atoms. The van der Waals surface area contributed by atoms with Crippen LogP contribution in [0.15, 0.2) is 47.4 Å². The van der Waals surface area contributed by atoms with Gasteiger partial charge < -0.3 is 10.1 Å². The van der Waals surface area contributed by atoms with E-state index in [9.17, 15) is 28.1 Å². The monoisotopic (exact) mass is 434 g/mol. The van der Waals surface area contributed by atoms with Gasteiger partial charge in [-0.1, -0.05) is 6.92 Å². The Bertz CT molecular complexity index is 1120. The lowest BCUT2D eigenvalue weighted by Crippen LogP contribution is -2.48. The Kier molecular flexibility index (Phi) is 5.71. The number of primary sulfonamides is 1. The van der Waals surface area contributed by atoms with Crippen LogP contribution in [0, 0.1) is 10.1 Å². The van der Waals surface area contributed by atoms with Gasteiger partial charge in [0.25, 0.3) is 11.6 Å². The molecule has 1 unspecified atom stereocenters. The molecule has 0 spiro atoms. The summed E-state index contributed by atoms with van der Waals surface area (Å²) >= 11 is 0. The Balaban J connectivity index is 1.83. The first kappa shape index (κ1) is 21.2. The van der Waals surface area contributed by atoms with Crippen molar-refractivity contribution in [1.29, 1.82) is 0 Å². The molecule has 158 valence electrons. The SMILES string of the molecule is CCC1Oc2ccc([N+](=O)[O-])cc2N(CC(=O)Nc2ccc(S(N)(=O)=O)cc2)C1=O. The van der Waals surface area contributed by atoms with Gasteiger partial charge in [0, 0.05) is 17.8 Å². The number of carbonyl (C=O) groups is 2. The summed E-state index contributed by atoms with van der Waals surface area (Å²) in [4.78, 5) is 36.7. The number of fused-ring (bicyclic) bond motifs is 1. The molecule has 0 aromatic heterocycles. The number of nitrogens with zero attached hydrogens (tertiary/aromatic N) is 2. The molecule has 1 heterocycles. The predicted molar refractivity (Wildman–Crippen MR) is 107 cm³/mol. The maximum atomic E-state index is 12.7. The van der Waals surface area contributed by atoms with Gasteiger partial charge in [-0.2, -0.15) is 0 Å². The van der Waals surface area contributed by atoms with Crippen LogP contribution >= 0.6 is 0 Å². The highest BCUT2D eigenvalue weighted by Gasteiger charge is 2.35. The number of ether oxygens (including phenoxy) is 1. The molecular weight excluding hydrogens is 416 g/mol. The number of benzene rings is 2. The van der Waals surface area contributed by atoms with Gasteiger partial charge in [-0.3, -0.25) is 24.6 Å². The number of hydrogen-bond donors (Lipinski definition) is 2. The number of non-ortho nitro benzene ring substituents is 1. The average molecular weight is 434 g/mol. The maximum absolute atomic E-state index is 12.7. The van der Waals surface area contributed by atoms with Crippen LogP contribution in [0.2, 0.25) is 0 Å². The Morgan fingerprint density at radius 1 is 1.27 bits per heavy atom. The van der Waals surface area contributed by atoms with Crippen LogP contribution in [0.25, 0.3) is 0 Å². The smallest absolute Gasteiger partial charge is 0.271 e. The summed E-state index contributed by atoms with van der Waals surface area (Å²) in [5.41, 5.74) is 0.169. The summed E-state index contributed by atoms with van der Waals surface area (Å²) in [6.45, 7) is 1.33. The van der Waals surface area contributed by atoms with Crippen LogP contribution in [0.5, 0.6) is 5.75 Å². The van der Waals surface area contributed by atoms with E-state index in [2.05, 4.69) is 5.32 Å². The molecule has 12 heteroatoms. The van der Waals surface area contributed by atoms with Gasteiger partial charge in [-0.15, -0.1) is 0 Å². The topological polar surface area (TPSA) is 162 Å². The Labute approximate surface area is 171 Å². The fourth-order valence-electron chi connectivity index (χ4n) is 2.92. The molecule has 1 aliphatic heterocycles. The van der Waals surface area contributed by atoms with Gasteiger partial charge in [0.2, 0.25) is 15.9 Å². The quantitative estimate of drug-likeness (QED) is 0.512. The molecule has 0 saturated heterocycles. The van der Waals surface area contributed by atoms with Crippen LogP contribution in [0.1, 0.15) is 13.3 Å². The van der Waals surface area contributed by atoms with Crippen molar-refractivity contribution < 1.29 is 27.7 Å².